The van der Waals surface area contributed by atoms with Crippen molar-refractivity contribution in [3.63, 3.8) is 0 Å². The first-order valence-corrected chi connectivity index (χ1v) is 14.1. The van der Waals surface area contributed by atoms with Crippen LogP contribution in [0.4, 0.5) is 0 Å². The Morgan fingerprint density at radius 1 is 1.17 bits per heavy atom. The van der Waals surface area contributed by atoms with E-state index >= 15 is 0 Å². The van der Waals surface area contributed by atoms with Gasteiger partial charge >= 0.3 is 5.91 Å². The molecule has 0 spiro atoms. The molecule has 41 heavy (non-hydrogen) atoms. The fourth-order valence-corrected chi connectivity index (χ4v) is 4.55. The second-order valence-corrected chi connectivity index (χ2v) is 9.87. The first kappa shape index (κ1) is 34.0. The molecule has 0 atom stereocenters. The van der Waals surface area contributed by atoms with Gasteiger partial charge in [0.1, 0.15) is 0 Å². The number of amides is 1. The van der Waals surface area contributed by atoms with Crippen molar-refractivity contribution >= 4 is 38.5 Å². The Morgan fingerprint density at radius 2 is 1.95 bits per heavy atom. The lowest BCUT2D eigenvalue weighted by Gasteiger charge is -2.33. The third-order valence-electron chi connectivity index (χ3n) is 7.05. The van der Waals surface area contributed by atoms with Gasteiger partial charge in [-0.25, -0.2) is 5.26 Å². The molecule has 14 heteroatoms. The second kappa shape index (κ2) is 20.6. The maximum Gasteiger partial charge on any atom is 0.319 e. The van der Waals surface area contributed by atoms with Gasteiger partial charge in [-0.1, -0.05) is 6.32 Å². The second-order valence-electron chi connectivity index (χ2n) is 9.87. The number of carbonyl (C=O) groups excluding carboxylic acids is 1. The van der Waals surface area contributed by atoms with E-state index in [9.17, 15) is 15.0 Å². The van der Waals surface area contributed by atoms with Crippen molar-refractivity contribution in [1.29, 1.82) is 5.26 Å². The molecule has 13 nitrogen and oxygen atoms in total. The van der Waals surface area contributed by atoms with Gasteiger partial charge < -0.3 is 10.1 Å². The largest absolute Gasteiger partial charge is 0.379 e. The van der Waals surface area contributed by atoms with Gasteiger partial charge in [0, 0.05) is 94.4 Å². The Morgan fingerprint density at radius 3 is 2.63 bits per heavy atom. The van der Waals surface area contributed by atoms with E-state index in [1.807, 2.05) is 13.3 Å². The summed E-state index contributed by atoms with van der Waals surface area (Å²) in [4.78, 5) is 45.4. The number of nitriles is 1. The average Bonchev–Trinajstić information content (AvgIpc) is 3.00. The van der Waals surface area contributed by atoms with Gasteiger partial charge in [-0.3, -0.25) is 39.5 Å². The number of hydrogen-bond donors (Lipinski definition) is 1. The Bertz CT molecular complexity index is 1020. The van der Waals surface area contributed by atoms with Crippen LogP contribution in [0.1, 0.15) is 6.42 Å². The highest BCUT2D eigenvalue weighted by atomic mass is 16.5. The molecule has 2 aliphatic rings. The number of nitrogens with one attached hydrogen (secondary N) is 1. The van der Waals surface area contributed by atoms with Crippen LogP contribution < -0.4 is 5.32 Å². The fourth-order valence-electron chi connectivity index (χ4n) is 4.55. The van der Waals surface area contributed by atoms with Crippen molar-refractivity contribution < 1.29 is 9.53 Å². The molecule has 0 radical (unpaired) electrons. The van der Waals surface area contributed by atoms with Gasteiger partial charge in [-0.2, -0.15) is 0 Å². The molecule has 1 fully saturated rings. The van der Waals surface area contributed by atoms with Crippen LogP contribution >= 0.6 is 0 Å². The standard InChI is InChI=1S/C27H43BN10O3/c1-30-6-8-36(9-7-33-21-25(19-31-2)27(39)35-40)14-16-41-17-15-37-10-12-38(13-11-37)23-34-20-24-18-28(22-29)5-4-26(24)32-3/h19-21,30H,2-18,23H2,1H3/b25-19+,33-21-,34-20-. The van der Waals surface area contributed by atoms with Gasteiger partial charge in [0.15, 0.2) is 0 Å². The average molecular weight is 567 g/mol. The summed E-state index contributed by atoms with van der Waals surface area (Å²) in [6.07, 6.45) is 6.72. The Hall–Kier alpha value is -3.22. The number of aliphatic imine (C=N–C) groups is 4. The molecule has 2 heterocycles. The number of likely N-dealkylation sites (N-methyl/N-ethyl adjacent to an activating group) is 1. The fraction of sp³-hybridized carbons (Fsp3) is 0.630. The number of rotatable bonds is 19. The monoisotopic (exact) mass is 566 g/mol. The predicted octanol–water partition coefficient (Wildman–Crippen LogP) is 1.03. The Balaban J connectivity index is 1.64. The zero-order valence-corrected chi connectivity index (χ0v) is 24.3. The van der Waals surface area contributed by atoms with E-state index in [0.29, 0.717) is 39.3 Å². The minimum absolute atomic E-state index is 0.0140. The van der Waals surface area contributed by atoms with Crippen LogP contribution in [0.5, 0.6) is 0 Å². The normalized spacial score (nSPS) is 17.5. The van der Waals surface area contributed by atoms with Crippen molar-refractivity contribution in [3.8, 4) is 5.97 Å². The summed E-state index contributed by atoms with van der Waals surface area (Å²) in [5, 5.41) is 14.8. The summed E-state index contributed by atoms with van der Waals surface area (Å²) < 4.78 is 5.93. The zero-order chi connectivity index (χ0) is 29.7. The van der Waals surface area contributed by atoms with Gasteiger partial charge in [-0.15, -0.1) is 4.91 Å². The number of carbonyl (C=O) groups is 1. The van der Waals surface area contributed by atoms with E-state index in [2.05, 4.69) is 64.6 Å². The van der Waals surface area contributed by atoms with Gasteiger partial charge in [-0.05, 0) is 38.8 Å². The third-order valence-corrected chi connectivity index (χ3v) is 7.05. The topological polar surface area (TPSA) is 151 Å². The number of nitroso groups, excluding NO2 is 1. The number of hydrogen-bond acceptors (Lipinski definition) is 12. The molecule has 1 N–H and O–H groups in total. The van der Waals surface area contributed by atoms with E-state index in [1.165, 1.54) is 12.4 Å². The van der Waals surface area contributed by atoms with E-state index < -0.39 is 5.91 Å². The van der Waals surface area contributed by atoms with Crippen molar-refractivity contribution in [2.24, 2.45) is 25.1 Å². The van der Waals surface area contributed by atoms with Crippen LogP contribution in [-0.4, -0.2) is 146 Å². The molecule has 0 aromatic heterocycles. The molecule has 222 valence electrons. The quantitative estimate of drug-likeness (QED) is 0.0801. The van der Waals surface area contributed by atoms with Crippen LogP contribution in [0.2, 0.25) is 12.6 Å². The minimum Gasteiger partial charge on any atom is -0.379 e. The Labute approximate surface area is 243 Å². The van der Waals surface area contributed by atoms with Gasteiger partial charge in [0.2, 0.25) is 0 Å². The molecule has 1 saturated heterocycles. The Kier molecular flexibility index (Phi) is 17.1. The molecule has 0 bridgehead atoms. The summed E-state index contributed by atoms with van der Waals surface area (Å²) in [6.45, 7) is 17.3. The van der Waals surface area contributed by atoms with Gasteiger partial charge in [0.25, 0.3) is 6.71 Å². The number of allylic oxidation sites excluding steroid dienone is 2. The maximum atomic E-state index is 11.5. The molecule has 0 unspecified atom stereocenters. The minimum atomic E-state index is -0.917. The molecular weight excluding hydrogens is 523 g/mol. The predicted molar refractivity (Wildman–Crippen MR) is 167 cm³/mol. The maximum absolute atomic E-state index is 11.5. The summed E-state index contributed by atoms with van der Waals surface area (Å²) in [5.74, 6) is 1.45. The van der Waals surface area contributed by atoms with Crippen LogP contribution in [0.15, 0.2) is 48.2 Å². The van der Waals surface area contributed by atoms with Crippen LogP contribution in [0.3, 0.4) is 0 Å². The van der Waals surface area contributed by atoms with E-state index in [0.717, 1.165) is 76.4 Å². The first-order chi connectivity index (χ1) is 20.0. The van der Waals surface area contributed by atoms with Crippen LogP contribution in [-0.2, 0) is 9.53 Å². The van der Waals surface area contributed by atoms with Crippen LogP contribution in [0, 0.1) is 16.1 Å². The SMILES string of the molecule is C=N/C=C(\C=N/CCN(CCNC)CCOCCN1CCN(C/N=C\C2=C(N=C)CCB(C#N)C2)CC1)C(=O)N=O. The number of nitrogens with zero attached hydrogens (tertiary/aromatic N) is 9. The lowest BCUT2D eigenvalue weighted by Crippen LogP contribution is -2.47. The van der Waals surface area contributed by atoms with Crippen molar-refractivity contribution in [2.45, 2.75) is 19.1 Å². The van der Waals surface area contributed by atoms with E-state index in [1.54, 1.807) is 0 Å². The summed E-state index contributed by atoms with van der Waals surface area (Å²) in [7, 11) is 1.91. The van der Waals surface area contributed by atoms with E-state index in [4.69, 9.17) is 4.74 Å². The third kappa shape index (κ3) is 13.3. The summed E-state index contributed by atoms with van der Waals surface area (Å²) in [5.41, 5.74) is 2.03. The summed E-state index contributed by atoms with van der Waals surface area (Å²) in [6, 6.07) is 0. The molecule has 0 aromatic rings. The van der Waals surface area contributed by atoms with E-state index in [-0.39, 0.29) is 12.3 Å². The highest BCUT2D eigenvalue weighted by Gasteiger charge is 2.23. The highest BCUT2D eigenvalue weighted by Crippen LogP contribution is 2.25. The zero-order valence-electron chi connectivity index (χ0n) is 24.3. The molecule has 1 amide bonds. The lowest BCUT2D eigenvalue weighted by molar-refractivity contribution is -0.114. The highest BCUT2D eigenvalue weighted by molar-refractivity contribution is 6.68. The molecule has 0 saturated carbocycles. The smallest absolute Gasteiger partial charge is 0.319 e. The van der Waals surface area contributed by atoms with Crippen LogP contribution in [0.25, 0.3) is 0 Å². The number of ether oxygens (including phenoxy) is 1. The lowest BCUT2D eigenvalue weighted by atomic mass is 9.42. The first-order valence-electron chi connectivity index (χ1n) is 14.1. The van der Waals surface area contributed by atoms with Crippen molar-refractivity contribution in [1.82, 2.24) is 20.0 Å². The summed E-state index contributed by atoms with van der Waals surface area (Å²) >= 11 is 0. The van der Waals surface area contributed by atoms with Crippen molar-refractivity contribution in [3.05, 3.63) is 28.0 Å². The molecular formula is C27H43BN10O3. The van der Waals surface area contributed by atoms with Gasteiger partial charge in [0.05, 0.1) is 32.0 Å². The van der Waals surface area contributed by atoms with Crippen molar-refractivity contribution in [2.75, 3.05) is 92.4 Å². The molecule has 2 rings (SSSR count). The molecule has 0 aromatic carbocycles. The molecule has 0 aliphatic carbocycles. The number of piperazine rings is 1. The molecule has 2 aliphatic heterocycles.